The first-order valence-electron chi connectivity index (χ1n) is 8.67. The molecular formula is C19H42NO5Ti-. The molecule has 0 atom stereocenters. The number of hydrogen-bond donors (Lipinski definition) is 3. The minimum atomic E-state index is -0.329. The maximum atomic E-state index is 11.4. The van der Waals surface area contributed by atoms with Gasteiger partial charge in [-0.25, -0.2) is 11.4 Å². The summed E-state index contributed by atoms with van der Waals surface area (Å²) < 4.78 is 4.82. The van der Waals surface area contributed by atoms with Gasteiger partial charge < -0.3 is 25.0 Å². The Hall–Kier alpha value is -0.526. The van der Waals surface area contributed by atoms with E-state index in [9.17, 15) is 4.79 Å². The Kier molecular flexibility index (Phi) is 34.3. The van der Waals surface area contributed by atoms with E-state index in [1.807, 2.05) is 27.7 Å². The van der Waals surface area contributed by atoms with E-state index < -0.39 is 0 Å². The summed E-state index contributed by atoms with van der Waals surface area (Å²) in [4.78, 5) is 13.1. The first-order chi connectivity index (χ1) is 11.2. The Morgan fingerprint density at radius 3 is 1.23 bits per heavy atom. The summed E-state index contributed by atoms with van der Waals surface area (Å²) >= 11 is 0. The van der Waals surface area contributed by atoms with Gasteiger partial charge in [0, 0.05) is 52.1 Å². The molecule has 0 aliphatic heterocycles. The number of nitrogens with zero attached hydrogens (tertiary/aromatic N) is 1. The summed E-state index contributed by atoms with van der Waals surface area (Å²) in [7, 11) is 0. The molecule has 0 heterocycles. The van der Waals surface area contributed by atoms with Crippen molar-refractivity contribution >= 4 is 6.09 Å². The summed E-state index contributed by atoms with van der Waals surface area (Å²) in [5.74, 6) is 0. The van der Waals surface area contributed by atoms with Gasteiger partial charge in [-0.3, -0.25) is 0 Å². The van der Waals surface area contributed by atoms with Crippen molar-refractivity contribution in [2.75, 3.05) is 0 Å². The molecule has 3 N–H and O–H groups in total. The third kappa shape index (κ3) is 49.5. The number of rotatable bonds is 4. The Bertz CT molecular complexity index is 265. The van der Waals surface area contributed by atoms with Gasteiger partial charge in [0.25, 0.3) is 0 Å². The van der Waals surface area contributed by atoms with Gasteiger partial charge in [0.15, 0.2) is 0 Å². The Morgan fingerprint density at radius 1 is 0.846 bits per heavy atom. The zero-order valence-electron chi connectivity index (χ0n) is 18.4. The molecule has 7 heteroatoms. The van der Waals surface area contributed by atoms with Gasteiger partial charge in [0.1, 0.15) is 0 Å². The van der Waals surface area contributed by atoms with Crippen molar-refractivity contribution in [3.8, 4) is 0 Å². The number of amides is 1. The van der Waals surface area contributed by atoms with Crippen LogP contribution in [-0.2, 0) is 26.5 Å². The van der Waals surface area contributed by atoms with Crippen LogP contribution in [0.4, 0.5) is 4.79 Å². The number of aliphatic hydroxyl groups is 3. The molecule has 0 spiro atoms. The molecule has 0 aromatic rings. The van der Waals surface area contributed by atoms with Crippen molar-refractivity contribution < 1.29 is 46.6 Å². The predicted octanol–water partition coefficient (Wildman–Crippen LogP) is 3.75. The molecule has 0 rings (SSSR count). The smallest absolute Gasteiger partial charge is 0.397 e. The van der Waals surface area contributed by atoms with Crippen LogP contribution in [0.3, 0.4) is 0 Å². The number of carbonyl (C=O) groups excluding carboxylic acids is 1. The van der Waals surface area contributed by atoms with Crippen LogP contribution in [0.25, 0.3) is 0 Å². The molecule has 26 heavy (non-hydrogen) atoms. The number of aliphatic hydroxyl groups excluding tert-OH is 3. The Morgan fingerprint density at radius 2 is 1.08 bits per heavy atom. The van der Waals surface area contributed by atoms with Crippen LogP contribution < -0.4 is 0 Å². The van der Waals surface area contributed by atoms with Gasteiger partial charge in [-0.1, -0.05) is 6.61 Å². The maximum absolute atomic E-state index is 11.4. The van der Waals surface area contributed by atoms with E-state index in [4.69, 9.17) is 20.1 Å². The minimum absolute atomic E-state index is 0. The summed E-state index contributed by atoms with van der Waals surface area (Å²) in [6, 6.07) is 0.288. The first kappa shape index (κ1) is 36.4. The predicted molar refractivity (Wildman–Crippen MR) is 105 cm³/mol. The second kappa shape index (κ2) is 24.5. The van der Waals surface area contributed by atoms with Crippen molar-refractivity contribution in [3.05, 3.63) is 19.3 Å². The first-order valence-corrected chi connectivity index (χ1v) is 8.67. The van der Waals surface area contributed by atoms with Crippen molar-refractivity contribution in [2.45, 2.75) is 99.6 Å². The van der Waals surface area contributed by atoms with E-state index in [2.05, 4.69) is 6.58 Å². The Balaban J connectivity index is -0.0000000933. The SMILES string of the molecule is C=C[CH-]OC(=O)N(C(C)C)C(C)C.CC(C)O.CC(C)O.CC(C)O.[Ti]. The van der Waals surface area contributed by atoms with Crippen molar-refractivity contribution in [3.63, 3.8) is 0 Å². The number of ether oxygens (including phenoxy) is 1. The molecule has 0 saturated heterocycles. The molecule has 0 saturated carbocycles. The van der Waals surface area contributed by atoms with Crippen LogP contribution in [0.15, 0.2) is 12.7 Å². The van der Waals surface area contributed by atoms with E-state index in [-0.39, 0.29) is 58.2 Å². The van der Waals surface area contributed by atoms with E-state index >= 15 is 0 Å². The van der Waals surface area contributed by atoms with Crippen LogP contribution in [0.5, 0.6) is 0 Å². The summed E-state index contributed by atoms with van der Waals surface area (Å²) in [6.07, 6.45) is 0.612. The van der Waals surface area contributed by atoms with Gasteiger partial charge in [-0.2, -0.15) is 6.08 Å². The molecule has 1 amide bonds. The molecule has 0 aromatic carbocycles. The fourth-order valence-electron chi connectivity index (χ4n) is 1.19. The third-order valence-corrected chi connectivity index (χ3v) is 1.59. The largest absolute Gasteiger partial charge is 0.511 e. The van der Waals surface area contributed by atoms with Crippen LogP contribution in [0.2, 0.25) is 0 Å². The molecule has 0 radical (unpaired) electrons. The van der Waals surface area contributed by atoms with Crippen molar-refractivity contribution in [1.82, 2.24) is 4.90 Å². The number of carbonyl (C=O) groups is 1. The quantitative estimate of drug-likeness (QED) is 0.483. The van der Waals surface area contributed by atoms with Gasteiger partial charge >= 0.3 is 6.09 Å². The van der Waals surface area contributed by atoms with Crippen LogP contribution >= 0.6 is 0 Å². The van der Waals surface area contributed by atoms with Gasteiger partial charge in [-0.05, 0) is 69.2 Å². The third-order valence-electron chi connectivity index (χ3n) is 1.59. The van der Waals surface area contributed by atoms with Crippen LogP contribution in [0, 0.1) is 6.61 Å². The van der Waals surface area contributed by atoms with E-state index in [0.29, 0.717) is 0 Å². The van der Waals surface area contributed by atoms with E-state index in [1.54, 1.807) is 46.4 Å². The molecule has 6 nitrogen and oxygen atoms in total. The summed E-state index contributed by atoms with van der Waals surface area (Å²) in [5.41, 5.74) is 0. The zero-order valence-corrected chi connectivity index (χ0v) is 19.9. The molecule has 0 aromatic heterocycles. The van der Waals surface area contributed by atoms with E-state index in [1.165, 1.54) is 12.7 Å². The Labute approximate surface area is 176 Å². The normalized spacial score (nSPS) is 9.15. The maximum Gasteiger partial charge on any atom is 0.397 e. The topological polar surface area (TPSA) is 90.2 Å². The van der Waals surface area contributed by atoms with Crippen LogP contribution in [-0.4, -0.2) is 56.7 Å². The molecule has 0 bridgehead atoms. The molecule has 0 fully saturated rings. The van der Waals surface area contributed by atoms with Gasteiger partial charge in [0.05, 0.1) is 0 Å². The molecular weight excluding hydrogens is 370 g/mol. The fraction of sp³-hybridized carbons (Fsp3) is 0.789. The fourth-order valence-corrected chi connectivity index (χ4v) is 1.19. The van der Waals surface area contributed by atoms with Crippen molar-refractivity contribution in [2.24, 2.45) is 0 Å². The molecule has 158 valence electrons. The van der Waals surface area contributed by atoms with Gasteiger partial charge in [-0.15, -0.1) is 0 Å². The summed E-state index contributed by atoms with van der Waals surface area (Å²) in [5, 5.41) is 24.2. The standard InChI is InChI=1S/C10H18NO2.3C3H8O.Ti/c1-6-7-13-10(12)11(8(2)3)9(4)5;3*1-3(2)4;/h6-9H,1H2,2-5H3;3*3-4H,1-2H3;/q-1;;;;. The second-order valence-corrected chi connectivity index (χ2v) is 6.63. The molecule has 0 unspecified atom stereocenters. The molecule has 0 aliphatic carbocycles. The average molecular weight is 412 g/mol. The van der Waals surface area contributed by atoms with E-state index in [0.717, 1.165) is 0 Å². The minimum Gasteiger partial charge on any atom is -0.511 e. The number of hydrogen-bond acceptors (Lipinski definition) is 5. The van der Waals surface area contributed by atoms with Crippen LogP contribution in [0.1, 0.15) is 69.2 Å². The second-order valence-electron chi connectivity index (χ2n) is 6.63. The van der Waals surface area contributed by atoms with Gasteiger partial charge in [0.2, 0.25) is 0 Å². The monoisotopic (exact) mass is 412 g/mol. The van der Waals surface area contributed by atoms with Crippen molar-refractivity contribution in [1.29, 1.82) is 0 Å². The molecule has 0 aliphatic rings. The average Bonchev–Trinajstić information content (AvgIpc) is 2.33. The summed E-state index contributed by atoms with van der Waals surface area (Å²) in [6.45, 7) is 22.9. The zero-order chi connectivity index (χ0) is 21.2.